The molecule has 95 heavy (non-hydrogen) atoms. The monoisotopic (exact) mass is 1230 g/mol. The molecular weight excluding hydrogens is 1160 g/mol. The van der Waals surface area contributed by atoms with E-state index in [2.05, 4.69) is 300 Å². The summed E-state index contributed by atoms with van der Waals surface area (Å²) in [6.07, 6.45) is 0. The fraction of sp³-hybridized carbons (Fsp3) is 0.0230. The molecular formula is C87H66N6O2. The number of nitrogens with zero attached hydrogens (tertiary/aromatic N) is 6. The van der Waals surface area contributed by atoms with Crippen LogP contribution in [-0.4, -0.2) is 19.0 Å². The molecule has 0 aliphatic heterocycles. The Balaban J connectivity index is 0.000000172. The third kappa shape index (κ3) is 14.2. The first-order valence-electron chi connectivity index (χ1n) is 31.5. The van der Waals surface area contributed by atoms with Crippen molar-refractivity contribution in [3.8, 4) is 72.8 Å². The van der Waals surface area contributed by atoms with E-state index in [0.29, 0.717) is 5.56 Å². The summed E-state index contributed by atoms with van der Waals surface area (Å²) in [5.41, 5.74) is 25.1. The van der Waals surface area contributed by atoms with Crippen molar-refractivity contribution in [1.29, 1.82) is 5.26 Å². The summed E-state index contributed by atoms with van der Waals surface area (Å²) in [5.74, 6) is 0. The predicted molar refractivity (Wildman–Crippen MR) is 395 cm³/mol. The van der Waals surface area contributed by atoms with Gasteiger partial charge < -0.3 is 19.6 Å². The second-order valence-electron chi connectivity index (χ2n) is 23.1. The summed E-state index contributed by atoms with van der Waals surface area (Å²) >= 11 is 0. The Bertz CT molecular complexity index is 4690. The zero-order valence-corrected chi connectivity index (χ0v) is 52.6. The lowest BCUT2D eigenvalue weighted by molar-refractivity contribution is -0.384. The minimum atomic E-state index is -0.370. The van der Waals surface area contributed by atoms with Crippen molar-refractivity contribution in [3.05, 3.63) is 380 Å². The minimum absolute atomic E-state index is 0.0735. The average Bonchev–Trinajstić information content (AvgIpc) is 0.960. The Labute approximate surface area is 555 Å². The summed E-state index contributed by atoms with van der Waals surface area (Å²) in [6.45, 7) is 0. The van der Waals surface area contributed by atoms with Gasteiger partial charge in [-0.3, -0.25) is 10.1 Å². The quantitative estimate of drug-likeness (QED) is 0.0664. The van der Waals surface area contributed by atoms with E-state index in [-0.39, 0.29) is 10.6 Å². The van der Waals surface area contributed by atoms with Crippen LogP contribution in [0, 0.1) is 21.4 Å². The van der Waals surface area contributed by atoms with E-state index in [1.165, 1.54) is 50.6 Å². The Morgan fingerprint density at radius 2 is 0.463 bits per heavy atom. The fourth-order valence-corrected chi connectivity index (χ4v) is 11.9. The first-order valence-corrected chi connectivity index (χ1v) is 31.5. The van der Waals surface area contributed by atoms with Crippen molar-refractivity contribution in [2.24, 2.45) is 0 Å². The number of non-ortho nitro benzene ring substituents is 1. The van der Waals surface area contributed by atoms with Gasteiger partial charge in [0.1, 0.15) is 0 Å². The lowest BCUT2D eigenvalue weighted by Crippen LogP contribution is -2.10. The van der Waals surface area contributed by atoms with Gasteiger partial charge in [-0.05, 0) is 194 Å². The van der Waals surface area contributed by atoms with Crippen molar-refractivity contribution < 1.29 is 4.92 Å². The van der Waals surface area contributed by atoms with Gasteiger partial charge in [0.15, 0.2) is 0 Å². The summed E-state index contributed by atoms with van der Waals surface area (Å²) < 4.78 is 0. The Kier molecular flexibility index (Phi) is 18.3. The normalized spacial score (nSPS) is 10.7. The molecule has 0 bridgehead atoms. The highest BCUT2D eigenvalue weighted by atomic mass is 16.6. The van der Waals surface area contributed by atoms with Gasteiger partial charge in [-0.2, -0.15) is 5.26 Å². The first kappa shape index (κ1) is 61.0. The smallest absolute Gasteiger partial charge is 0.271 e. The topological polar surface area (TPSA) is 79.9 Å². The molecule has 456 valence electrons. The number of nitro groups is 1. The molecule has 0 atom stereocenters. The van der Waals surface area contributed by atoms with Gasteiger partial charge >= 0.3 is 0 Å². The van der Waals surface area contributed by atoms with Crippen LogP contribution in [-0.2, 0) is 0 Å². The van der Waals surface area contributed by atoms with Crippen LogP contribution in [0.15, 0.2) is 364 Å². The van der Waals surface area contributed by atoms with Gasteiger partial charge in [-0.1, -0.05) is 224 Å². The van der Waals surface area contributed by atoms with E-state index < -0.39 is 0 Å². The van der Waals surface area contributed by atoms with E-state index in [4.69, 9.17) is 5.26 Å². The molecule has 0 saturated carbocycles. The lowest BCUT2D eigenvalue weighted by Gasteiger charge is -2.26. The molecule has 0 heterocycles. The maximum atomic E-state index is 11.3. The molecule has 8 heteroatoms. The maximum Gasteiger partial charge on any atom is 0.271 e. The lowest BCUT2D eigenvalue weighted by atomic mass is 10.0. The summed E-state index contributed by atoms with van der Waals surface area (Å²) in [5, 5.41) is 20.4. The van der Waals surface area contributed by atoms with Crippen molar-refractivity contribution >= 4 is 62.6 Å². The molecule has 0 aromatic heterocycles. The van der Waals surface area contributed by atoms with Gasteiger partial charge in [0.2, 0.25) is 0 Å². The molecule has 14 aromatic rings. The zero-order chi connectivity index (χ0) is 64.9. The summed E-state index contributed by atoms with van der Waals surface area (Å²) in [6, 6.07) is 128. The van der Waals surface area contributed by atoms with Gasteiger partial charge in [0.05, 0.1) is 16.6 Å². The first-order chi connectivity index (χ1) is 46.7. The highest BCUT2D eigenvalue weighted by Crippen LogP contribution is 2.41. The Hall–Kier alpha value is -12.8. The molecule has 0 amide bonds. The van der Waals surface area contributed by atoms with E-state index >= 15 is 0 Å². The van der Waals surface area contributed by atoms with Crippen LogP contribution in [0.1, 0.15) is 5.56 Å². The van der Waals surface area contributed by atoms with Crippen LogP contribution in [0.3, 0.4) is 0 Å². The molecule has 14 aromatic carbocycles. The molecule has 8 nitrogen and oxygen atoms in total. The minimum Gasteiger partial charge on any atom is -0.345 e. The molecule has 0 fully saturated rings. The van der Waals surface area contributed by atoms with Gasteiger partial charge in [0.25, 0.3) is 5.69 Å². The Morgan fingerprint density at radius 3 is 0.695 bits per heavy atom. The maximum absolute atomic E-state index is 11.3. The van der Waals surface area contributed by atoms with Crippen LogP contribution in [0.4, 0.5) is 62.6 Å². The largest absolute Gasteiger partial charge is 0.345 e. The highest BCUT2D eigenvalue weighted by Gasteiger charge is 2.18. The van der Waals surface area contributed by atoms with Crippen LogP contribution in [0.2, 0.25) is 0 Å². The Morgan fingerprint density at radius 1 is 0.253 bits per heavy atom. The molecule has 0 aliphatic rings. The molecule has 0 unspecified atom stereocenters. The van der Waals surface area contributed by atoms with E-state index in [1.54, 1.807) is 12.1 Å². The van der Waals surface area contributed by atoms with E-state index in [1.807, 2.05) is 85.7 Å². The number of hydrogen-bond acceptors (Lipinski definition) is 7. The highest BCUT2D eigenvalue weighted by molar-refractivity contribution is 5.84. The van der Waals surface area contributed by atoms with Gasteiger partial charge in [-0.15, -0.1) is 0 Å². The summed E-state index contributed by atoms with van der Waals surface area (Å²) in [4.78, 5) is 19.6. The van der Waals surface area contributed by atoms with Crippen LogP contribution in [0.25, 0.3) is 66.8 Å². The van der Waals surface area contributed by atoms with Crippen molar-refractivity contribution in [3.63, 3.8) is 0 Å². The number of benzene rings is 14. The SMILES string of the molecule is CN(c1ccc(-c2ccc(N(c3ccc(-c4ccccc4)cc3)c3ccc(-c4ccccc4)cc3)cc2)cc1)c1cccc([N+](=O)[O-])c1.CN(c1ccc(C#N)cc1)c1ccc(-c2ccc(N(c3ccc(-c4ccccc4)cc3)c3ccc(-c4ccccc4)cc3)cc2)cc1. The molecule has 0 saturated heterocycles. The second-order valence-corrected chi connectivity index (χ2v) is 23.1. The molecule has 0 radical (unpaired) electrons. The number of nitriles is 1. The predicted octanol–water partition coefficient (Wildman–Crippen LogP) is 23.6. The third-order valence-corrected chi connectivity index (χ3v) is 17.2. The molecule has 0 spiro atoms. The number of anilines is 10. The van der Waals surface area contributed by atoms with Crippen LogP contribution >= 0.6 is 0 Å². The third-order valence-electron chi connectivity index (χ3n) is 17.2. The van der Waals surface area contributed by atoms with Gasteiger partial charge in [0, 0.05) is 83.1 Å². The van der Waals surface area contributed by atoms with Crippen LogP contribution < -0.4 is 19.6 Å². The standard InChI is InChI=1S/C44H33N3.C43H33N3O2/c1-46(40-22-12-33(32-45)13-23-40)41-24-14-38(15-25-41)39-20-30-44(31-21-39)47(42-26-16-36(17-27-42)34-8-4-2-5-9-34)43-28-18-37(19-29-43)35-10-6-3-7-11-35;1-44(42-13-8-14-43(31-42)46(47)48)38-23-15-36(16-24-38)37-21-29-41(30-22-37)45(39-25-17-34(18-26-39)32-9-4-2-5-10-32)40-27-19-35(20-28-40)33-11-6-3-7-12-33/h2-31H,1H3;2-31H,1H3. The van der Waals surface area contributed by atoms with Crippen molar-refractivity contribution in [2.75, 3.05) is 33.7 Å². The number of nitro benzene ring substituents is 1. The fourth-order valence-electron chi connectivity index (χ4n) is 11.9. The molecule has 0 aliphatic carbocycles. The van der Waals surface area contributed by atoms with E-state index in [9.17, 15) is 10.1 Å². The number of rotatable bonds is 17. The molecule has 0 N–H and O–H groups in total. The second kappa shape index (κ2) is 28.6. The zero-order valence-electron chi connectivity index (χ0n) is 52.6. The number of hydrogen-bond donors (Lipinski definition) is 0. The van der Waals surface area contributed by atoms with Gasteiger partial charge in [-0.25, -0.2) is 0 Å². The summed E-state index contributed by atoms with van der Waals surface area (Å²) in [7, 11) is 3.95. The van der Waals surface area contributed by atoms with Crippen LogP contribution in [0.5, 0.6) is 0 Å². The van der Waals surface area contributed by atoms with Crippen molar-refractivity contribution in [1.82, 2.24) is 0 Å². The van der Waals surface area contributed by atoms with Crippen molar-refractivity contribution in [2.45, 2.75) is 0 Å². The average molecular weight is 1230 g/mol. The molecule has 14 rings (SSSR count). The van der Waals surface area contributed by atoms with E-state index in [0.717, 1.165) is 79.1 Å².